The second kappa shape index (κ2) is 7.76. The maximum Gasteiger partial charge on any atom is 0.345 e. The van der Waals surface area contributed by atoms with E-state index < -0.39 is 5.63 Å². The Kier molecular flexibility index (Phi) is 4.65. The first-order chi connectivity index (χ1) is 15.2. The quantitative estimate of drug-likeness (QED) is 0.257. The molecule has 0 radical (unpaired) electrons. The van der Waals surface area contributed by atoms with Gasteiger partial charge < -0.3 is 9.40 Å². The molecule has 5 rings (SSSR count). The molecule has 0 unspecified atom stereocenters. The number of fused-ring (bicyclic) bond motifs is 2. The fraction of sp³-hybridized carbons (Fsp3) is 0. The normalized spacial score (nSPS) is 11.4. The molecule has 6 nitrogen and oxygen atoms in total. The van der Waals surface area contributed by atoms with Gasteiger partial charge in [0.1, 0.15) is 5.58 Å². The molecule has 2 N–H and O–H groups in total. The summed E-state index contributed by atoms with van der Waals surface area (Å²) in [5.41, 5.74) is 5.63. The molecular weight excluding hydrogens is 390 g/mol. The van der Waals surface area contributed by atoms with E-state index in [1.165, 1.54) is 0 Å². The van der Waals surface area contributed by atoms with Gasteiger partial charge in [0.2, 0.25) is 0 Å². The molecule has 2 heterocycles. The fourth-order valence-electron chi connectivity index (χ4n) is 3.56. The molecular formula is C25H17N3O3. The number of hydrogen-bond acceptors (Lipinski definition) is 4. The van der Waals surface area contributed by atoms with E-state index in [2.05, 4.69) is 15.5 Å². The Bertz CT molecular complexity index is 1500. The second-order valence-corrected chi connectivity index (χ2v) is 7.01. The molecule has 0 aliphatic heterocycles. The van der Waals surface area contributed by atoms with Crippen LogP contribution in [0.3, 0.4) is 0 Å². The van der Waals surface area contributed by atoms with Crippen LogP contribution in [-0.4, -0.2) is 17.1 Å². The van der Waals surface area contributed by atoms with Gasteiger partial charge in [0, 0.05) is 27.4 Å². The topological polar surface area (TPSA) is 87.5 Å². The lowest BCUT2D eigenvalue weighted by Gasteiger charge is -2.03. The number of benzene rings is 3. The summed E-state index contributed by atoms with van der Waals surface area (Å²) in [6.07, 6.45) is 1.55. The van der Waals surface area contributed by atoms with Gasteiger partial charge in [-0.3, -0.25) is 4.79 Å². The molecule has 1 amide bonds. The Balaban J connectivity index is 1.59. The molecule has 150 valence electrons. The zero-order chi connectivity index (χ0) is 21.2. The number of nitrogens with zero attached hydrogens (tertiary/aromatic N) is 1. The number of carbonyl (C=O) groups excluding carboxylic acids is 1. The van der Waals surface area contributed by atoms with Crippen molar-refractivity contribution in [3.05, 3.63) is 106 Å². The van der Waals surface area contributed by atoms with E-state index in [1.54, 1.807) is 42.6 Å². The number of carbonyl (C=O) groups is 1. The lowest BCUT2D eigenvalue weighted by molar-refractivity contribution is 0.0955. The monoisotopic (exact) mass is 407 g/mol. The standard InChI is InChI=1S/C25H17N3O3/c29-24(16-8-2-1-3-9-16)28-26-15-20-18-11-5-6-12-21(18)27-23(20)19-14-17-10-4-7-13-22(17)31-25(19)30/h1-15,27H,(H,28,29)/b26-15+. The Hall–Kier alpha value is -4.45. The predicted octanol–water partition coefficient (Wildman–Crippen LogP) is 4.71. The van der Waals surface area contributed by atoms with E-state index in [0.717, 1.165) is 16.3 Å². The Morgan fingerprint density at radius 3 is 2.55 bits per heavy atom. The number of hydrazone groups is 1. The summed E-state index contributed by atoms with van der Waals surface area (Å²) in [4.78, 5) is 28.3. The van der Waals surface area contributed by atoms with Crippen LogP contribution in [0.2, 0.25) is 0 Å². The van der Waals surface area contributed by atoms with Crippen molar-refractivity contribution < 1.29 is 9.21 Å². The average Bonchev–Trinajstić information content (AvgIpc) is 3.17. The van der Waals surface area contributed by atoms with Gasteiger partial charge in [-0.2, -0.15) is 5.10 Å². The molecule has 2 aromatic heterocycles. The van der Waals surface area contributed by atoms with Crippen molar-refractivity contribution >= 4 is 34.0 Å². The summed E-state index contributed by atoms with van der Waals surface area (Å²) >= 11 is 0. The molecule has 0 saturated heterocycles. The summed E-state index contributed by atoms with van der Waals surface area (Å²) in [7, 11) is 0. The smallest absolute Gasteiger partial charge is 0.345 e. The summed E-state index contributed by atoms with van der Waals surface area (Å²) in [5, 5.41) is 5.83. The summed E-state index contributed by atoms with van der Waals surface area (Å²) in [6.45, 7) is 0. The van der Waals surface area contributed by atoms with Crippen LogP contribution in [-0.2, 0) is 0 Å². The molecule has 3 aromatic carbocycles. The summed E-state index contributed by atoms with van der Waals surface area (Å²) in [6, 6.07) is 25.6. The highest BCUT2D eigenvalue weighted by Gasteiger charge is 2.16. The minimum Gasteiger partial charge on any atom is -0.422 e. The first-order valence-corrected chi connectivity index (χ1v) is 9.73. The van der Waals surface area contributed by atoms with Gasteiger partial charge in [-0.05, 0) is 30.3 Å². The minimum absolute atomic E-state index is 0.316. The molecule has 0 saturated carbocycles. The van der Waals surface area contributed by atoms with E-state index >= 15 is 0 Å². The predicted molar refractivity (Wildman–Crippen MR) is 121 cm³/mol. The molecule has 0 fully saturated rings. The van der Waals surface area contributed by atoms with E-state index in [4.69, 9.17) is 4.42 Å². The Morgan fingerprint density at radius 2 is 1.68 bits per heavy atom. The van der Waals surface area contributed by atoms with Gasteiger partial charge in [0.15, 0.2) is 0 Å². The van der Waals surface area contributed by atoms with Gasteiger partial charge in [-0.25, -0.2) is 10.2 Å². The van der Waals surface area contributed by atoms with Crippen LogP contribution in [0.15, 0.2) is 99.2 Å². The largest absolute Gasteiger partial charge is 0.422 e. The Labute approximate surface area is 176 Å². The van der Waals surface area contributed by atoms with Crippen LogP contribution >= 0.6 is 0 Å². The van der Waals surface area contributed by atoms with E-state index in [0.29, 0.717) is 28.0 Å². The number of aromatic amines is 1. The number of H-pyrrole nitrogens is 1. The maximum atomic E-state index is 12.7. The third-order valence-corrected chi connectivity index (χ3v) is 5.05. The fourth-order valence-corrected chi connectivity index (χ4v) is 3.56. The van der Waals surface area contributed by atoms with Crippen LogP contribution in [0.1, 0.15) is 15.9 Å². The molecule has 5 aromatic rings. The number of aromatic nitrogens is 1. The van der Waals surface area contributed by atoms with Gasteiger partial charge in [-0.1, -0.05) is 54.6 Å². The van der Waals surface area contributed by atoms with Gasteiger partial charge in [0.05, 0.1) is 17.5 Å². The van der Waals surface area contributed by atoms with Gasteiger partial charge in [-0.15, -0.1) is 0 Å². The SMILES string of the molecule is O=C(N/N=C/c1c(-c2cc3ccccc3oc2=O)[nH]c2ccccc12)c1ccccc1. The molecule has 0 spiro atoms. The van der Waals surface area contributed by atoms with Crippen molar-refractivity contribution in [2.45, 2.75) is 0 Å². The minimum atomic E-state index is -0.451. The van der Waals surface area contributed by atoms with Crippen molar-refractivity contribution in [2.24, 2.45) is 5.10 Å². The highest BCUT2D eigenvalue weighted by molar-refractivity contribution is 6.06. The number of amides is 1. The van der Waals surface area contributed by atoms with E-state index in [9.17, 15) is 9.59 Å². The average molecular weight is 407 g/mol. The first-order valence-electron chi connectivity index (χ1n) is 9.73. The zero-order valence-electron chi connectivity index (χ0n) is 16.3. The van der Waals surface area contributed by atoms with Crippen LogP contribution in [0.4, 0.5) is 0 Å². The lowest BCUT2D eigenvalue weighted by Crippen LogP contribution is -2.17. The molecule has 0 aliphatic carbocycles. The lowest BCUT2D eigenvalue weighted by atomic mass is 10.1. The number of rotatable bonds is 4. The third kappa shape index (κ3) is 3.51. The van der Waals surface area contributed by atoms with Crippen molar-refractivity contribution in [1.82, 2.24) is 10.4 Å². The maximum absolute atomic E-state index is 12.7. The molecule has 31 heavy (non-hydrogen) atoms. The first kappa shape index (κ1) is 18.6. The molecule has 0 aliphatic rings. The van der Waals surface area contributed by atoms with Crippen molar-refractivity contribution in [2.75, 3.05) is 0 Å². The second-order valence-electron chi connectivity index (χ2n) is 7.01. The highest BCUT2D eigenvalue weighted by atomic mass is 16.4. The van der Waals surface area contributed by atoms with Crippen LogP contribution in [0.25, 0.3) is 33.1 Å². The van der Waals surface area contributed by atoms with Crippen molar-refractivity contribution in [3.8, 4) is 11.3 Å². The van der Waals surface area contributed by atoms with Crippen molar-refractivity contribution in [3.63, 3.8) is 0 Å². The van der Waals surface area contributed by atoms with E-state index in [1.807, 2.05) is 48.5 Å². The third-order valence-electron chi connectivity index (χ3n) is 5.05. The molecule has 0 bridgehead atoms. The Morgan fingerprint density at radius 1 is 0.935 bits per heavy atom. The number of nitrogens with one attached hydrogen (secondary N) is 2. The van der Waals surface area contributed by atoms with Gasteiger partial charge in [0.25, 0.3) is 5.91 Å². The summed E-state index contributed by atoms with van der Waals surface area (Å²) < 4.78 is 5.51. The molecule has 0 atom stereocenters. The van der Waals surface area contributed by atoms with Gasteiger partial charge >= 0.3 is 5.63 Å². The number of hydrogen-bond donors (Lipinski definition) is 2. The van der Waals surface area contributed by atoms with Crippen LogP contribution in [0, 0.1) is 0 Å². The van der Waals surface area contributed by atoms with E-state index in [-0.39, 0.29) is 5.91 Å². The molecule has 6 heteroatoms. The number of para-hydroxylation sites is 2. The van der Waals surface area contributed by atoms with Crippen molar-refractivity contribution in [1.29, 1.82) is 0 Å². The highest BCUT2D eigenvalue weighted by Crippen LogP contribution is 2.29. The van der Waals surface area contributed by atoms with Crippen LogP contribution < -0.4 is 11.1 Å². The zero-order valence-corrected chi connectivity index (χ0v) is 16.3. The summed E-state index contributed by atoms with van der Waals surface area (Å²) in [5.74, 6) is -0.316. The van der Waals surface area contributed by atoms with Crippen LogP contribution in [0.5, 0.6) is 0 Å².